The van der Waals surface area contributed by atoms with Gasteiger partial charge in [0.1, 0.15) is 0 Å². The minimum atomic E-state index is 1.09. The molecular weight excluding hydrogens is 210 g/mol. The van der Waals surface area contributed by atoms with E-state index in [1.807, 2.05) is 0 Å². The van der Waals surface area contributed by atoms with Crippen LogP contribution >= 0.6 is 0 Å². The first kappa shape index (κ1) is 12.7. The Morgan fingerprint density at radius 1 is 1.06 bits per heavy atom. The Morgan fingerprint density at radius 2 is 1.71 bits per heavy atom. The van der Waals surface area contributed by atoms with Gasteiger partial charge in [-0.1, -0.05) is 13.0 Å². The van der Waals surface area contributed by atoms with Gasteiger partial charge in [-0.3, -0.25) is 4.90 Å². The summed E-state index contributed by atoms with van der Waals surface area (Å²) in [6, 6.07) is 0. The lowest BCUT2D eigenvalue weighted by Gasteiger charge is -2.35. The van der Waals surface area contributed by atoms with Gasteiger partial charge in [0.2, 0.25) is 0 Å². The second-order valence-electron chi connectivity index (χ2n) is 5.20. The Bertz CT molecular complexity index is 311. The molecule has 0 spiro atoms. The number of nitrogens with zero attached hydrogens (tertiary/aromatic N) is 3. The van der Waals surface area contributed by atoms with E-state index in [2.05, 4.69) is 47.7 Å². The first-order chi connectivity index (χ1) is 8.19. The molecule has 0 saturated carbocycles. The van der Waals surface area contributed by atoms with Crippen LogP contribution < -0.4 is 0 Å². The predicted molar refractivity (Wildman–Crippen MR) is 73.0 cm³/mol. The minimum absolute atomic E-state index is 1.09. The van der Waals surface area contributed by atoms with E-state index in [0.29, 0.717) is 0 Å². The second kappa shape index (κ2) is 5.69. The number of allylic oxidation sites excluding steroid dienone is 3. The van der Waals surface area contributed by atoms with Crippen LogP contribution in [0.2, 0.25) is 0 Å². The van der Waals surface area contributed by atoms with Crippen molar-refractivity contribution in [2.45, 2.75) is 13.8 Å². The third kappa shape index (κ3) is 3.33. The highest BCUT2D eigenvalue weighted by Crippen LogP contribution is 2.14. The molecule has 0 aromatic rings. The van der Waals surface area contributed by atoms with Crippen LogP contribution in [0.25, 0.3) is 0 Å². The molecule has 0 atom stereocenters. The van der Waals surface area contributed by atoms with Gasteiger partial charge in [0, 0.05) is 52.0 Å². The van der Waals surface area contributed by atoms with Gasteiger partial charge in [0.15, 0.2) is 0 Å². The molecule has 2 rings (SSSR count). The Hall–Kier alpha value is -0.800. The molecule has 0 amide bonds. The Labute approximate surface area is 105 Å². The zero-order valence-electron chi connectivity index (χ0n) is 11.4. The fraction of sp³-hybridized carbons (Fsp3) is 0.714. The predicted octanol–water partition coefficient (Wildman–Crippen LogP) is 1.40. The van der Waals surface area contributed by atoms with E-state index in [-0.39, 0.29) is 0 Å². The lowest BCUT2D eigenvalue weighted by molar-refractivity contribution is 0.144. The molecule has 2 aliphatic heterocycles. The average molecular weight is 235 g/mol. The van der Waals surface area contributed by atoms with Gasteiger partial charge in [0.25, 0.3) is 0 Å². The number of likely N-dealkylation sites (N-methyl/N-ethyl adjacent to an activating group) is 2. The summed E-state index contributed by atoms with van der Waals surface area (Å²) < 4.78 is 0. The summed E-state index contributed by atoms with van der Waals surface area (Å²) >= 11 is 0. The molecule has 17 heavy (non-hydrogen) atoms. The molecule has 2 heterocycles. The van der Waals surface area contributed by atoms with Gasteiger partial charge in [-0.15, -0.1) is 0 Å². The zero-order chi connectivity index (χ0) is 12.3. The van der Waals surface area contributed by atoms with E-state index < -0.39 is 0 Å². The maximum atomic E-state index is 2.58. The van der Waals surface area contributed by atoms with E-state index in [1.54, 1.807) is 5.57 Å². The molecule has 0 radical (unpaired) electrons. The van der Waals surface area contributed by atoms with Crippen LogP contribution in [0.4, 0.5) is 0 Å². The first-order valence-electron chi connectivity index (χ1n) is 6.71. The summed E-state index contributed by atoms with van der Waals surface area (Å²) in [6.07, 6.45) is 4.54. The maximum absolute atomic E-state index is 2.58. The van der Waals surface area contributed by atoms with Gasteiger partial charge in [-0.25, -0.2) is 0 Å². The quantitative estimate of drug-likeness (QED) is 0.732. The monoisotopic (exact) mass is 235 g/mol. The lowest BCUT2D eigenvalue weighted by atomic mass is 10.1. The van der Waals surface area contributed by atoms with Gasteiger partial charge >= 0.3 is 0 Å². The lowest BCUT2D eigenvalue weighted by Crippen LogP contribution is -2.47. The summed E-state index contributed by atoms with van der Waals surface area (Å²) in [4.78, 5) is 7.44. The highest BCUT2D eigenvalue weighted by Gasteiger charge is 2.17. The van der Waals surface area contributed by atoms with Crippen molar-refractivity contribution in [3.63, 3.8) is 0 Å². The fourth-order valence-corrected chi connectivity index (χ4v) is 2.50. The summed E-state index contributed by atoms with van der Waals surface area (Å²) in [5, 5.41) is 0. The molecule has 3 nitrogen and oxygen atoms in total. The number of rotatable bonds is 3. The number of hydrogen-bond acceptors (Lipinski definition) is 3. The van der Waals surface area contributed by atoms with Crippen molar-refractivity contribution in [3.05, 3.63) is 23.4 Å². The smallest absolute Gasteiger partial charge is 0.0398 e. The van der Waals surface area contributed by atoms with E-state index in [0.717, 1.165) is 13.1 Å². The normalized spacial score (nSPS) is 23.6. The standard InChI is InChI=1S/C14H25N3/c1-4-16-7-9-17(10-8-16)12-14-6-5-13(2)15(3)11-14/h5-6H,4,7-12H2,1-3H3. The van der Waals surface area contributed by atoms with Crippen molar-refractivity contribution in [1.82, 2.24) is 14.7 Å². The van der Waals surface area contributed by atoms with Gasteiger partial charge < -0.3 is 9.80 Å². The molecular formula is C14H25N3. The zero-order valence-corrected chi connectivity index (χ0v) is 11.4. The third-order valence-electron chi connectivity index (χ3n) is 3.94. The van der Waals surface area contributed by atoms with Crippen LogP contribution in [0.5, 0.6) is 0 Å². The van der Waals surface area contributed by atoms with Crippen LogP contribution in [0.3, 0.4) is 0 Å². The SMILES string of the molecule is CCN1CCN(CC2=CC=C(C)N(C)C2)CC1. The fourth-order valence-electron chi connectivity index (χ4n) is 2.50. The molecule has 1 fully saturated rings. The maximum Gasteiger partial charge on any atom is 0.0398 e. The number of piperazine rings is 1. The molecule has 0 unspecified atom stereocenters. The topological polar surface area (TPSA) is 9.72 Å². The van der Waals surface area contributed by atoms with Crippen LogP contribution in [0.1, 0.15) is 13.8 Å². The van der Waals surface area contributed by atoms with Gasteiger partial charge in [-0.2, -0.15) is 0 Å². The van der Waals surface area contributed by atoms with E-state index in [1.165, 1.54) is 38.4 Å². The van der Waals surface area contributed by atoms with Crippen molar-refractivity contribution in [3.8, 4) is 0 Å². The van der Waals surface area contributed by atoms with Crippen LogP contribution in [0.15, 0.2) is 23.4 Å². The van der Waals surface area contributed by atoms with Gasteiger partial charge in [-0.05, 0) is 25.1 Å². The largest absolute Gasteiger partial charge is 0.374 e. The van der Waals surface area contributed by atoms with Crippen LogP contribution in [0, 0.1) is 0 Å². The highest BCUT2D eigenvalue weighted by molar-refractivity contribution is 5.24. The summed E-state index contributed by atoms with van der Waals surface area (Å²) in [6.45, 7) is 12.8. The van der Waals surface area contributed by atoms with Crippen molar-refractivity contribution >= 4 is 0 Å². The third-order valence-corrected chi connectivity index (χ3v) is 3.94. The second-order valence-corrected chi connectivity index (χ2v) is 5.20. The van der Waals surface area contributed by atoms with E-state index in [9.17, 15) is 0 Å². The Balaban J connectivity index is 1.83. The molecule has 3 heteroatoms. The highest BCUT2D eigenvalue weighted by atomic mass is 15.3. The van der Waals surface area contributed by atoms with Crippen molar-refractivity contribution in [2.24, 2.45) is 0 Å². The first-order valence-corrected chi connectivity index (χ1v) is 6.71. The average Bonchev–Trinajstić information content (AvgIpc) is 2.35. The molecule has 1 saturated heterocycles. The van der Waals surface area contributed by atoms with E-state index >= 15 is 0 Å². The van der Waals surface area contributed by atoms with E-state index in [4.69, 9.17) is 0 Å². The van der Waals surface area contributed by atoms with Crippen molar-refractivity contribution in [2.75, 3.05) is 52.9 Å². The van der Waals surface area contributed by atoms with Gasteiger partial charge in [0.05, 0.1) is 0 Å². The summed E-state index contributed by atoms with van der Waals surface area (Å²) in [7, 11) is 2.17. The van der Waals surface area contributed by atoms with Crippen LogP contribution in [-0.2, 0) is 0 Å². The summed E-state index contributed by atoms with van der Waals surface area (Å²) in [5.41, 5.74) is 2.91. The van der Waals surface area contributed by atoms with Crippen LogP contribution in [-0.4, -0.2) is 67.6 Å². The number of hydrogen-bond donors (Lipinski definition) is 0. The molecule has 0 aromatic carbocycles. The molecule has 0 bridgehead atoms. The van der Waals surface area contributed by atoms with Crippen molar-refractivity contribution in [1.29, 1.82) is 0 Å². The molecule has 0 aliphatic carbocycles. The van der Waals surface area contributed by atoms with Crippen molar-refractivity contribution < 1.29 is 0 Å². The molecule has 0 aromatic heterocycles. The molecule has 0 N–H and O–H groups in total. The molecule has 2 aliphatic rings. The summed E-state index contributed by atoms with van der Waals surface area (Å²) in [5.74, 6) is 0. The Morgan fingerprint density at radius 3 is 2.29 bits per heavy atom. The molecule has 96 valence electrons. The Kier molecular flexibility index (Phi) is 4.24. The minimum Gasteiger partial charge on any atom is -0.374 e.